The summed E-state index contributed by atoms with van der Waals surface area (Å²) in [4.78, 5) is 25.2. The number of hydrogen-bond donors (Lipinski definition) is 1. The zero-order valence-corrected chi connectivity index (χ0v) is 18.3. The number of hydrogen-bond acceptors (Lipinski definition) is 6. The summed E-state index contributed by atoms with van der Waals surface area (Å²) < 4.78 is 24.6. The number of ether oxygens (including phenoxy) is 2. The van der Waals surface area contributed by atoms with Crippen molar-refractivity contribution in [2.24, 2.45) is 0 Å². The van der Waals surface area contributed by atoms with Crippen molar-refractivity contribution >= 4 is 46.3 Å². The van der Waals surface area contributed by atoms with Crippen molar-refractivity contribution in [1.29, 1.82) is 0 Å². The molecule has 0 aromatic heterocycles. The lowest BCUT2D eigenvalue weighted by Crippen LogP contribution is -2.29. The minimum Gasteiger partial charge on any atom is -0.493 e. The third-order valence-corrected chi connectivity index (χ3v) is 5.82. The molecule has 0 saturated carbocycles. The number of benzene rings is 2. The molecule has 0 unspecified atom stereocenters. The monoisotopic (exact) mass is 461 g/mol. The van der Waals surface area contributed by atoms with E-state index in [0.29, 0.717) is 27.1 Å². The largest absolute Gasteiger partial charge is 0.493 e. The van der Waals surface area contributed by atoms with Crippen molar-refractivity contribution in [3.8, 4) is 11.5 Å². The molecular weight excluding hydrogens is 441 g/mol. The van der Waals surface area contributed by atoms with Crippen molar-refractivity contribution in [2.45, 2.75) is 19.4 Å². The molecule has 1 heterocycles. The highest BCUT2D eigenvalue weighted by molar-refractivity contribution is 8.26. The Kier molecular flexibility index (Phi) is 7.64. The van der Waals surface area contributed by atoms with Crippen molar-refractivity contribution in [1.82, 2.24) is 4.90 Å². The zero-order valence-electron chi connectivity index (χ0n) is 16.7. The van der Waals surface area contributed by atoms with Gasteiger partial charge in [0.25, 0.3) is 5.91 Å². The van der Waals surface area contributed by atoms with E-state index < -0.39 is 5.97 Å². The molecule has 2 aromatic carbocycles. The quantitative estimate of drug-likeness (QED) is 0.436. The van der Waals surface area contributed by atoms with E-state index in [4.69, 9.17) is 26.8 Å². The molecule has 162 valence electrons. The normalized spacial score (nSPS) is 14.9. The third kappa shape index (κ3) is 6.05. The van der Waals surface area contributed by atoms with Gasteiger partial charge in [0.05, 0.1) is 12.0 Å². The first-order valence-corrected chi connectivity index (χ1v) is 10.6. The van der Waals surface area contributed by atoms with Gasteiger partial charge in [-0.15, -0.1) is 0 Å². The minimum atomic E-state index is -0.908. The van der Waals surface area contributed by atoms with Crippen molar-refractivity contribution in [2.75, 3.05) is 13.7 Å². The summed E-state index contributed by atoms with van der Waals surface area (Å²) in [5.41, 5.74) is 1.55. The average Bonchev–Trinajstić information content (AvgIpc) is 3.01. The number of carboxylic acids is 1. The number of thiocarbonyl (C=S) groups is 1. The Bertz CT molecular complexity index is 1020. The van der Waals surface area contributed by atoms with Crippen molar-refractivity contribution in [3.05, 3.63) is 64.3 Å². The fourth-order valence-electron chi connectivity index (χ4n) is 2.87. The molecule has 1 fully saturated rings. The second-order valence-electron chi connectivity index (χ2n) is 6.66. The molecule has 0 radical (unpaired) electrons. The van der Waals surface area contributed by atoms with Crippen LogP contribution in [0.15, 0.2) is 47.4 Å². The highest BCUT2D eigenvalue weighted by atomic mass is 32.2. The minimum absolute atomic E-state index is 0.0211. The van der Waals surface area contributed by atoms with Crippen LogP contribution in [0.25, 0.3) is 6.08 Å². The lowest BCUT2D eigenvalue weighted by molar-refractivity contribution is -0.137. The molecule has 31 heavy (non-hydrogen) atoms. The van der Waals surface area contributed by atoms with Gasteiger partial charge in [-0.2, -0.15) is 0 Å². The van der Waals surface area contributed by atoms with Crippen LogP contribution in [0, 0.1) is 5.82 Å². The molecule has 3 rings (SSSR count). The van der Waals surface area contributed by atoms with Crippen LogP contribution in [0.1, 0.15) is 24.0 Å². The second-order valence-corrected chi connectivity index (χ2v) is 8.33. The summed E-state index contributed by atoms with van der Waals surface area (Å²) in [6, 6.07) is 11.3. The SMILES string of the molecule is COc1cc(C=C2SC(=S)N(CCCC(=O)O)C2=O)ccc1OCc1ccc(F)cc1. The Labute approximate surface area is 188 Å². The molecule has 9 heteroatoms. The van der Waals surface area contributed by atoms with E-state index in [1.54, 1.807) is 36.4 Å². The van der Waals surface area contributed by atoms with Gasteiger partial charge in [0, 0.05) is 13.0 Å². The highest BCUT2D eigenvalue weighted by Gasteiger charge is 2.31. The maximum Gasteiger partial charge on any atom is 0.303 e. The number of halogens is 1. The first-order valence-electron chi connectivity index (χ1n) is 9.40. The summed E-state index contributed by atoms with van der Waals surface area (Å²) in [5.74, 6) is -0.443. The molecule has 2 aromatic rings. The van der Waals surface area contributed by atoms with E-state index >= 15 is 0 Å². The van der Waals surface area contributed by atoms with Gasteiger partial charge < -0.3 is 14.6 Å². The van der Waals surface area contributed by atoms with Crippen LogP contribution in [0.4, 0.5) is 4.39 Å². The number of carbonyl (C=O) groups excluding carboxylic acids is 1. The summed E-state index contributed by atoms with van der Waals surface area (Å²) in [7, 11) is 1.52. The Balaban J connectivity index is 1.69. The average molecular weight is 462 g/mol. The highest BCUT2D eigenvalue weighted by Crippen LogP contribution is 2.35. The fourth-order valence-corrected chi connectivity index (χ4v) is 4.18. The van der Waals surface area contributed by atoms with Crippen LogP contribution in [0.3, 0.4) is 0 Å². The second kappa shape index (κ2) is 10.4. The van der Waals surface area contributed by atoms with Gasteiger partial charge in [0.2, 0.25) is 0 Å². The molecule has 1 saturated heterocycles. The molecule has 1 amide bonds. The summed E-state index contributed by atoms with van der Waals surface area (Å²) in [5, 5.41) is 8.76. The van der Waals surface area contributed by atoms with Crippen LogP contribution in [0.2, 0.25) is 0 Å². The standard InChI is InChI=1S/C22H20FNO5S2/c1-28-18-11-15(6-9-17(18)29-13-14-4-7-16(23)8-5-14)12-19-21(27)24(22(30)31-19)10-2-3-20(25)26/h4-9,11-12H,2-3,10,13H2,1H3,(H,25,26). The molecule has 0 aliphatic carbocycles. The topological polar surface area (TPSA) is 76.1 Å². The van der Waals surface area contributed by atoms with Crippen LogP contribution >= 0.6 is 24.0 Å². The Hall–Kier alpha value is -2.91. The molecule has 1 aliphatic rings. The van der Waals surface area contributed by atoms with E-state index in [0.717, 1.165) is 11.1 Å². The smallest absolute Gasteiger partial charge is 0.303 e. The van der Waals surface area contributed by atoms with E-state index in [2.05, 4.69) is 0 Å². The maximum atomic E-state index is 13.0. The first kappa shape index (κ1) is 22.8. The van der Waals surface area contributed by atoms with Crippen LogP contribution in [0.5, 0.6) is 11.5 Å². The lowest BCUT2D eigenvalue weighted by Gasteiger charge is -2.13. The number of thioether (sulfide) groups is 1. The predicted octanol–water partition coefficient (Wildman–Crippen LogP) is 4.48. The number of nitrogens with zero attached hydrogens (tertiary/aromatic N) is 1. The summed E-state index contributed by atoms with van der Waals surface area (Å²) >= 11 is 6.44. The van der Waals surface area contributed by atoms with E-state index in [-0.39, 0.29) is 31.3 Å². The number of carbonyl (C=O) groups is 2. The Morgan fingerprint density at radius 1 is 1.23 bits per heavy atom. The van der Waals surface area contributed by atoms with E-state index in [9.17, 15) is 14.0 Å². The third-order valence-electron chi connectivity index (χ3n) is 4.44. The molecule has 1 N–H and O–H groups in total. The van der Waals surface area contributed by atoms with E-state index in [1.165, 1.54) is 35.9 Å². The lowest BCUT2D eigenvalue weighted by atomic mass is 10.1. The predicted molar refractivity (Wildman–Crippen MR) is 120 cm³/mol. The Morgan fingerprint density at radius 2 is 1.97 bits per heavy atom. The Morgan fingerprint density at radius 3 is 2.65 bits per heavy atom. The van der Waals surface area contributed by atoms with Gasteiger partial charge in [-0.05, 0) is 47.9 Å². The van der Waals surface area contributed by atoms with Crippen molar-refractivity contribution < 1.29 is 28.6 Å². The molecule has 0 spiro atoms. The molecule has 0 bridgehead atoms. The van der Waals surface area contributed by atoms with Gasteiger partial charge >= 0.3 is 5.97 Å². The zero-order chi connectivity index (χ0) is 22.4. The van der Waals surface area contributed by atoms with Gasteiger partial charge in [0.1, 0.15) is 16.7 Å². The van der Waals surface area contributed by atoms with Crippen molar-refractivity contribution in [3.63, 3.8) is 0 Å². The number of amides is 1. The van der Waals surface area contributed by atoms with E-state index in [1.807, 2.05) is 0 Å². The van der Waals surface area contributed by atoms with Gasteiger partial charge in [-0.3, -0.25) is 14.5 Å². The van der Waals surface area contributed by atoms with Crippen LogP contribution in [-0.2, 0) is 16.2 Å². The van der Waals surface area contributed by atoms with Crippen LogP contribution < -0.4 is 9.47 Å². The molecule has 6 nitrogen and oxygen atoms in total. The van der Waals surface area contributed by atoms with Gasteiger partial charge in [-0.25, -0.2) is 4.39 Å². The maximum absolute atomic E-state index is 13.0. The first-order chi connectivity index (χ1) is 14.9. The number of aliphatic carboxylic acids is 1. The fraction of sp³-hybridized carbons (Fsp3) is 0.227. The van der Waals surface area contributed by atoms with Crippen LogP contribution in [-0.4, -0.2) is 39.9 Å². The summed E-state index contributed by atoms with van der Waals surface area (Å²) in [6.45, 7) is 0.527. The number of carboxylic acid groups (broad SMARTS) is 1. The molecule has 0 atom stereocenters. The molecular formula is C22H20FNO5S2. The number of methoxy groups -OCH3 is 1. The summed E-state index contributed by atoms with van der Waals surface area (Å²) in [6.07, 6.45) is 2.03. The number of rotatable bonds is 9. The van der Waals surface area contributed by atoms with Gasteiger partial charge in [-0.1, -0.05) is 42.2 Å². The van der Waals surface area contributed by atoms with Gasteiger partial charge in [0.15, 0.2) is 11.5 Å². The molecule has 1 aliphatic heterocycles.